The van der Waals surface area contributed by atoms with Crippen LogP contribution in [-0.4, -0.2) is 24.7 Å². The van der Waals surface area contributed by atoms with Crippen molar-refractivity contribution in [2.45, 2.75) is 6.92 Å². The van der Waals surface area contributed by atoms with Gasteiger partial charge in [-0.1, -0.05) is 6.92 Å². The van der Waals surface area contributed by atoms with Gasteiger partial charge in [-0.25, -0.2) is 8.78 Å². The monoisotopic (exact) mass is 229 g/mol. The number of carbonyl (C=O) groups is 1. The van der Waals surface area contributed by atoms with E-state index in [-0.39, 0.29) is 6.54 Å². The highest BCUT2D eigenvalue weighted by Gasteiger charge is 2.14. The molecule has 0 saturated heterocycles. The maximum Gasteiger partial charge on any atom is 0.308 e. The van der Waals surface area contributed by atoms with Gasteiger partial charge in [-0.15, -0.1) is 0 Å². The Balaban J connectivity index is 2.76. The van der Waals surface area contributed by atoms with E-state index in [0.29, 0.717) is 5.69 Å². The Kier molecular flexibility index (Phi) is 3.82. The molecule has 3 nitrogen and oxygen atoms in total. The molecule has 1 aromatic carbocycles. The molecule has 0 amide bonds. The molecule has 0 saturated carbocycles. The predicted molar refractivity (Wildman–Crippen MR) is 56.4 cm³/mol. The van der Waals surface area contributed by atoms with Gasteiger partial charge in [0, 0.05) is 25.3 Å². The summed E-state index contributed by atoms with van der Waals surface area (Å²) in [6, 6.07) is 3.48. The number of hydrogen-bond acceptors (Lipinski definition) is 2. The third kappa shape index (κ3) is 2.92. The first-order valence-electron chi connectivity index (χ1n) is 4.81. The summed E-state index contributed by atoms with van der Waals surface area (Å²) >= 11 is 0. The van der Waals surface area contributed by atoms with E-state index >= 15 is 0 Å². The van der Waals surface area contributed by atoms with Crippen LogP contribution in [0, 0.1) is 17.6 Å². The van der Waals surface area contributed by atoms with Crippen LogP contribution in [0.25, 0.3) is 0 Å². The predicted octanol–water partition coefficient (Wildman–Crippen LogP) is 2.12. The molecule has 0 aromatic heterocycles. The third-order valence-electron chi connectivity index (χ3n) is 2.31. The topological polar surface area (TPSA) is 40.5 Å². The molecule has 0 heterocycles. The highest BCUT2D eigenvalue weighted by molar-refractivity contribution is 5.70. The molecule has 1 N–H and O–H groups in total. The van der Waals surface area contributed by atoms with Crippen molar-refractivity contribution >= 4 is 11.7 Å². The van der Waals surface area contributed by atoms with Gasteiger partial charge in [0.25, 0.3) is 0 Å². The van der Waals surface area contributed by atoms with Crippen LogP contribution in [0.15, 0.2) is 18.2 Å². The van der Waals surface area contributed by atoms with E-state index in [2.05, 4.69) is 0 Å². The molecule has 1 unspecified atom stereocenters. The molecule has 16 heavy (non-hydrogen) atoms. The second-order valence-corrected chi connectivity index (χ2v) is 3.72. The Morgan fingerprint density at radius 2 is 2.06 bits per heavy atom. The van der Waals surface area contributed by atoms with E-state index in [9.17, 15) is 13.6 Å². The number of benzene rings is 1. The molecule has 0 aliphatic carbocycles. The normalized spacial score (nSPS) is 12.2. The second kappa shape index (κ2) is 4.92. The van der Waals surface area contributed by atoms with E-state index < -0.39 is 23.5 Å². The summed E-state index contributed by atoms with van der Waals surface area (Å²) in [5.41, 5.74) is 0.451. The van der Waals surface area contributed by atoms with E-state index in [1.807, 2.05) is 0 Å². The Bertz CT molecular complexity index is 396. The quantitative estimate of drug-likeness (QED) is 0.859. The lowest BCUT2D eigenvalue weighted by molar-refractivity contribution is -0.140. The molecule has 0 fully saturated rings. The summed E-state index contributed by atoms with van der Waals surface area (Å²) < 4.78 is 25.6. The average molecular weight is 229 g/mol. The first-order valence-corrected chi connectivity index (χ1v) is 4.81. The zero-order chi connectivity index (χ0) is 12.3. The fraction of sp³-hybridized carbons (Fsp3) is 0.364. The number of halogens is 2. The number of carboxylic acids is 1. The van der Waals surface area contributed by atoms with Gasteiger partial charge in [0.05, 0.1) is 5.92 Å². The lowest BCUT2D eigenvalue weighted by Crippen LogP contribution is -2.28. The van der Waals surface area contributed by atoms with Crippen molar-refractivity contribution in [2.24, 2.45) is 5.92 Å². The van der Waals surface area contributed by atoms with Crippen molar-refractivity contribution < 1.29 is 18.7 Å². The summed E-state index contributed by atoms with van der Waals surface area (Å²) in [6.07, 6.45) is 0. The van der Waals surface area contributed by atoms with E-state index in [0.717, 1.165) is 12.1 Å². The zero-order valence-electron chi connectivity index (χ0n) is 9.08. The lowest BCUT2D eigenvalue weighted by atomic mass is 10.1. The van der Waals surface area contributed by atoms with Crippen LogP contribution in [0.5, 0.6) is 0 Å². The maximum absolute atomic E-state index is 12.9. The SMILES string of the molecule is CC(CN(C)c1ccc(F)c(F)c1)C(=O)O. The first kappa shape index (κ1) is 12.4. The summed E-state index contributed by atoms with van der Waals surface area (Å²) in [7, 11) is 1.63. The van der Waals surface area contributed by atoms with Gasteiger partial charge >= 0.3 is 5.97 Å². The number of nitrogens with zero attached hydrogens (tertiary/aromatic N) is 1. The van der Waals surface area contributed by atoms with Crippen molar-refractivity contribution in [3.63, 3.8) is 0 Å². The molecule has 1 rings (SSSR count). The molecule has 1 aromatic rings. The van der Waals surface area contributed by atoms with Crippen molar-refractivity contribution in [1.29, 1.82) is 0 Å². The minimum Gasteiger partial charge on any atom is -0.481 e. The van der Waals surface area contributed by atoms with Crippen molar-refractivity contribution in [3.05, 3.63) is 29.8 Å². The highest BCUT2D eigenvalue weighted by atomic mass is 19.2. The van der Waals surface area contributed by atoms with Gasteiger partial charge in [0.15, 0.2) is 11.6 Å². The smallest absolute Gasteiger partial charge is 0.308 e. The van der Waals surface area contributed by atoms with Gasteiger partial charge in [-0.05, 0) is 12.1 Å². The fourth-order valence-electron chi connectivity index (χ4n) is 1.32. The molecule has 0 aliphatic heterocycles. The van der Waals surface area contributed by atoms with Crippen LogP contribution in [0.4, 0.5) is 14.5 Å². The molecule has 88 valence electrons. The number of rotatable bonds is 4. The Morgan fingerprint density at radius 3 is 2.56 bits per heavy atom. The van der Waals surface area contributed by atoms with E-state index in [4.69, 9.17) is 5.11 Å². The lowest BCUT2D eigenvalue weighted by Gasteiger charge is -2.21. The van der Waals surface area contributed by atoms with Crippen molar-refractivity contribution in [1.82, 2.24) is 0 Å². The summed E-state index contributed by atoms with van der Waals surface area (Å²) in [6.45, 7) is 1.79. The van der Waals surface area contributed by atoms with Crippen LogP contribution in [0.2, 0.25) is 0 Å². The Labute approximate surface area is 92.3 Å². The van der Waals surface area contributed by atoms with Gasteiger partial charge in [0.1, 0.15) is 0 Å². The van der Waals surface area contributed by atoms with Gasteiger partial charge in [-0.2, -0.15) is 0 Å². The molecule has 0 aliphatic rings. The number of hydrogen-bond donors (Lipinski definition) is 1. The second-order valence-electron chi connectivity index (χ2n) is 3.72. The van der Waals surface area contributed by atoms with Crippen molar-refractivity contribution in [2.75, 3.05) is 18.5 Å². The standard InChI is InChI=1S/C11H13F2NO2/c1-7(11(15)16)6-14(2)8-3-4-9(12)10(13)5-8/h3-5,7H,6H2,1-2H3,(H,15,16). The fourth-order valence-corrected chi connectivity index (χ4v) is 1.32. The minimum atomic E-state index is -0.938. The van der Waals surface area contributed by atoms with Gasteiger partial charge in [0.2, 0.25) is 0 Å². The number of carboxylic acid groups (broad SMARTS) is 1. The maximum atomic E-state index is 12.9. The van der Waals surface area contributed by atoms with Crippen LogP contribution in [0.3, 0.4) is 0 Å². The summed E-state index contributed by atoms with van der Waals surface area (Å²) in [5.74, 6) is -3.34. The highest BCUT2D eigenvalue weighted by Crippen LogP contribution is 2.17. The van der Waals surface area contributed by atoms with E-state index in [1.165, 1.54) is 6.07 Å². The molecule has 0 spiro atoms. The first-order chi connectivity index (χ1) is 7.41. The van der Waals surface area contributed by atoms with Gasteiger partial charge < -0.3 is 10.0 Å². The molecular weight excluding hydrogens is 216 g/mol. The molecule has 1 atom stereocenters. The molecular formula is C11H13F2NO2. The molecule has 5 heteroatoms. The zero-order valence-corrected chi connectivity index (χ0v) is 9.08. The summed E-state index contributed by atoms with van der Waals surface area (Å²) in [4.78, 5) is 12.2. The van der Waals surface area contributed by atoms with Crippen molar-refractivity contribution in [3.8, 4) is 0 Å². The average Bonchev–Trinajstić information content (AvgIpc) is 2.21. The molecule has 0 radical (unpaired) electrons. The Hall–Kier alpha value is -1.65. The summed E-state index contributed by atoms with van der Waals surface area (Å²) in [5, 5.41) is 8.72. The minimum absolute atomic E-state index is 0.237. The largest absolute Gasteiger partial charge is 0.481 e. The van der Waals surface area contributed by atoms with Crippen LogP contribution in [0.1, 0.15) is 6.92 Å². The van der Waals surface area contributed by atoms with Gasteiger partial charge in [-0.3, -0.25) is 4.79 Å². The number of anilines is 1. The molecule has 0 bridgehead atoms. The van der Waals surface area contributed by atoms with Crippen LogP contribution >= 0.6 is 0 Å². The van der Waals surface area contributed by atoms with E-state index in [1.54, 1.807) is 18.9 Å². The Morgan fingerprint density at radius 1 is 1.44 bits per heavy atom. The van der Waals surface area contributed by atoms with Crippen LogP contribution in [-0.2, 0) is 4.79 Å². The third-order valence-corrected chi connectivity index (χ3v) is 2.31. The number of aliphatic carboxylic acids is 1. The van der Waals surface area contributed by atoms with Crippen LogP contribution < -0.4 is 4.90 Å².